The van der Waals surface area contributed by atoms with Crippen molar-refractivity contribution in [3.63, 3.8) is 0 Å². The van der Waals surface area contributed by atoms with E-state index in [1.54, 1.807) is 5.57 Å². The first-order valence-electron chi connectivity index (χ1n) is 14.5. The molecule has 0 heterocycles. The van der Waals surface area contributed by atoms with Crippen molar-refractivity contribution in [1.29, 1.82) is 0 Å². The average molecular weight is 443 g/mol. The van der Waals surface area contributed by atoms with Crippen molar-refractivity contribution in [3.8, 4) is 0 Å². The molecule has 0 aromatic rings. The third kappa shape index (κ3) is 4.05. The van der Waals surface area contributed by atoms with Crippen LogP contribution in [0.5, 0.6) is 0 Å². The molecule has 1 N–H and O–H groups in total. The van der Waals surface area contributed by atoms with Crippen LogP contribution in [0.2, 0.25) is 0 Å². The molecule has 0 aromatic carbocycles. The molecule has 0 amide bonds. The fourth-order valence-electron chi connectivity index (χ4n) is 10.2. The van der Waals surface area contributed by atoms with Crippen molar-refractivity contribution in [1.82, 2.24) is 0 Å². The minimum atomic E-state index is -0.0836. The summed E-state index contributed by atoms with van der Waals surface area (Å²) in [6.07, 6.45) is 18.4. The van der Waals surface area contributed by atoms with Crippen LogP contribution < -0.4 is 0 Å². The number of allylic oxidation sites excluding steroid dienone is 1. The molecule has 0 bridgehead atoms. The van der Waals surface area contributed by atoms with Gasteiger partial charge < -0.3 is 5.11 Å². The molecule has 0 aromatic heterocycles. The van der Waals surface area contributed by atoms with Crippen LogP contribution in [0.1, 0.15) is 126 Å². The molecule has 4 aliphatic rings. The lowest BCUT2D eigenvalue weighted by atomic mass is 9.46. The van der Waals surface area contributed by atoms with Crippen molar-refractivity contribution in [2.75, 3.05) is 0 Å². The molecule has 184 valence electrons. The zero-order chi connectivity index (χ0) is 23.3. The van der Waals surface area contributed by atoms with Crippen LogP contribution in [0.15, 0.2) is 11.6 Å². The van der Waals surface area contributed by atoms with Gasteiger partial charge in [0.1, 0.15) is 0 Å². The topological polar surface area (TPSA) is 20.2 Å². The Kier molecular flexibility index (Phi) is 7.02. The van der Waals surface area contributed by atoms with E-state index in [2.05, 4.69) is 54.5 Å². The van der Waals surface area contributed by atoms with E-state index < -0.39 is 0 Å². The zero-order valence-electron chi connectivity index (χ0n) is 22.6. The van der Waals surface area contributed by atoms with E-state index in [9.17, 15) is 5.11 Å². The molecule has 3 saturated carbocycles. The third-order valence-corrected chi connectivity index (χ3v) is 11.9. The van der Waals surface area contributed by atoms with Crippen molar-refractivity contribution >= 4 is 0 Å². The Bertz CT molecular complexity index is 687. The zero-order valence-corrected chi connectivity index (χ0v) is 22.6. The summed E-state index contributed by atoms with van der Waals surface area (Å²) in [5.41, 5.74) is 3.11. The van der Waals surface area contributed by atoms with E-state index in [1.165, 1.54) is 64.2 Å². The second-order valence-corrected chi connectivity index (χ2v) is 13.9. The Morgan fingerprint density at radius 1 is 0.969 bits per heavy atom. The minimum absolute atomic E-state index is 0.0836. The minimum Gasteiger partial charge on any atom is -0.393 e. The first-order chi connectivity index (χ1) is 15.1. The number of hydrogen-bond acceptors (Lipinski definition) is 1. The van der Waals surface area contributed by atoms with Crippen LogP contribution in [0.4, 0.5) is 0 Å². The number of rotatable bonds is 7. The Hall–Kier alpha value is -0.300. The summed E-state index contributed by atoms with van der Waals surface area (Å²) in [5, 5.41) is 10.3. The molecule has 0 aliphatic heterocycles. The second-order valence-electron chi connectivity index (χ2n) is 13.9. The van der Waals surface area contributed by atoms with Gasteiger partial charge in [0, 0.05) is 0 Å². The summed E-state index contributed by atoms with van der Waals surface area (Å²) in [6, 6.07) is 0. The van der Waals surface area contributed by atoms with Crippen molar-refractivity contribution in [2.24, 2.45) is 51.8 Å². The monoisotopic (exact) mass is 442 g/mol. The van der Waals surface area contributed by atoms with Gasteiger partial charge in [0.2, 0.25) is 0 Å². The van der Waals surface area contributed by atoms with E-state index in [0.29, 0.717) is 16.2 Å². The Morgan fingerprint density at radius 2 is 1.69 bits per heavy atom. The molecule has 32 heavy (non-hydrogen) atoms. The van der Waals surface area contributed by atoms with Gasteiger partial charge >= 0.3 is 0 Å². The van der Waals surface area contributed by atoms with Gasteiger partial charge in [0.05, 0.1) is 6.10 Å². The molecule has 3 fully saturated rings. The predicted octanol–water partition coefficient (Wildman–Crippen LogP) is 8.81. The van der Waals surface area contributed by atoms with Crippen molar-refractivity contribution < 1.29 is 5.11 Å². The highest BCUT2D eigenvalue weighted by atomic mass is 16.3. The molecule has 4 rings (SSSR count). The smallest absolute Gasteiger partial charge is 0.0577 e. The van der Waals surface area contributed by atoms with E-state index in [4.69, 9.17) is 0 Å². The average Bonchev–Trinajstić information content (AvgIpc) is 3.10. The van der Waals surface area contributed by atoms with Gasteiger partial charge in [-0.1, -0.05) is 73.0 Å². The van der Waals surface area contributed by atoms with Gasteiger partial charge in [0.15, 0.2) is 0 Å². The van der Waals surface area contributed by atoms with E-state index in [1.807, 2.05) is 0 Å². The summed E-state index contributed by atoms with van der Waals surface area (Å²) < 4.78 is 0. The molecule has 1 nitrogen and oxygen atoms in total. The highest BCUT2D eigenvalue weighted by Crippen LogP contribution is 2.67. The maximum absolute atomic E-state index is 10.3. The number of fused-ring (bicyclic) bond motifs is 5. The SMILES string of the molecule is CCC(CC)(CC(C)C)C[C@@H](C)[C@H]1CC[C@H]2[C@@H]3CC=C4C[C@@H](O)CC[C@]4(C)[C@H]3CC[C@]12C. The van der Waals surface area contributed by atoms with Crippen LogP contribution in [0.25, 0.3) is 0 Å². The summed E-state index contributed by atoms with van der Waals surface area (Å²) in [7, 11) is 0. The predicted molar refractivity (Wildman–Crippen MR) is 137 cm³/mol. The molecule has 0 radical (unpaired) electrons. The molecule has 1 heteroatoms. The quantitative estimate of drug-likeness (QED) is 0.390. The number of aliphatic hydroxyl groups is 1. The van der Waals surface area contributed by atoms with Gasteiger partial charge in [-0.05, 0) is 116 Å². The molecular formula is C31H54O. The molecule has 0 spiro atoms. The summed E-state index contributed by atoms with van der Waals surface area (Å²) in [4.78, 5) is 0. The lowest BCUT2D eigenvalue weighted by Crippen LogP contribution is -2.51. The summed E-state index contributed by atoms with van der Waals surface area (Å²) in [6.45, 7) is 17.7. The molecule has 0 unspecified atom stereocenters. The van der Waals surface area contributed by atoms with Gasteiger partial charge in [-0.15, -0.1) is 0 Å². The highest BCUT2D eigenvalue weighted by Gasteiger charge is 2.59. The van der Waals surface area contributed by atoms with Gasteiger partial charge in [-0.25, -0.2) is 0 Å². The largest absolute Gasteiger partial charge is 0.393 e. The van der Waals surface area contributed by atoms with Crippen molar-refractivity contribution in [2.45, 2.75) is 132 Å². The first kappa shape index (κ1) is 24.8. The van der Waals surface area contributed by atoms with Crippen molar-refractivity contribution in [3.05, 3.63) is 11.6 Å². The van der Waals surface area contributed by atoms with Crippen LogP contribution in [0, 0.1) is 51.8 Å². The van der Waals surface area contributed by atoms with Gasteiger partial charge in [-0.2, -0.15) is 0 Å². The lowest BCUT2D eigenvalue weighted by molar-refractivity contribution is -0.0603. The summed E-state index contributed by atoms with van der Waals surface area (Å²) >= 11 is 0. The standard InChI is InChI=1S/C31H54O/c1-8-31(9-2,19-21(3)4)20-22(5)26-12-13-27-25-11-10-23-18-24(32)14-16-29(23,6)28(25)15-17-30(26,27)7/h10,21-22,24-28,32H,8-9,11-20H2,1-7H3/t22-,24+,25+,26-,27+,28+,29+,30-/m1/s1. The third-order valence-electron chi connectivity index (χ3n) is 11.9. The van der Waals surface area contributed by atoms with Crippen LogP contribution in [0.3, 0.4) is 0 Å². The fraction of sp³-hybridized carbons (Fsp3) is 0.935. The van der Waals surface area contributed by atoms with E-state index >= 15 is 0 Å². The molecular weight excluding hydrogens is 388 g/mol. The number of hydrogen-bond donors (Lipinski definition) is 1. The Morgan fingerprint density at radius 3 is 2.34 bits per heavy atom. The van der Waals surface area contributed by atoms with Crippen LogP contribution in [-0.4, -0.2) is 11.2 Å². The summed E-state index contributed by atoms with van der Waals surface area (Å²) in [5.74, 6) is 5.28. The van der Waals surface area contributed by atoms with Crippen LogP contribution in [-0.2, 0) is 0 Å². The van der Waals surface area contributed by atoms with Gasteiger partial charge in [0.25, 0.3) is 0 Å². The maximum atomic E-state index is 10.3. The highest BCUT2D eigenvalue weighted by molar-refractivity contribution is 5.25. The molecule has 4 aliphatic carbocycles. The van der Waals surface area contributed by atoms with Crippen LogP contribution >= 0.6 is 0 Å². The van der Waals surface area contributed by atoms with Gasteiger partial charge in [-0.3, -0.25) is 0 Å². The van der Waals surface area contributed by atoms with E-state index in [0.717, 1.165) is 48.3 Å². The Labute approximate surface area is 200 Å². The lowest BCUT2D eigenvalue weighted by Gasteiger charge is -2.58. The molecule has 0 saturated heterocycles. The fourth-order valence-corrected chi connectivity index (χ4v) is 10.2. The maximum Gasteiger partial charge on any atom is 0.0577 e. The second kappa shape index (κ2) is 9.05. The Balaban J connectivity index is 1.53. The normalized spacial score (nSPS) is 42.8. The number of aliphatic hydroxyl groups excluding tert-OH is 1. The first-order valence-corrected chi connectivity index (χ1v) is 14.5. The van der Waals surface area contributed by atoms with E-state index in [-0.39, 0.29) is 6.10 Å². The molecule has 8 atom stereocenters.